The van der Waals surface area contributed by atoms with E-state index in [0.29, 0.717) is 30.0 Å². The molecule has 182 valence electrons. The first-order valence-corrected chi connectivity index (χ1v) is 12.5. The number of anilines is 2. The summed E-state index contributed by atoms with van der Waals surface area (Å²) in [4.78, 5) is 21.6. The van der Waals surface area contributed by atoms with E-state index in [1.165, 1.54) is 0 Å². The lowest BCUT2D eigenvalue weighted by Gasteiger charge is -2.27. The molecular formula is C29H30N6O. The van der Waals surface area contributed by atoms with E-state index in [2.05, 4.69) is 32.4 Å². The highest BCUT2D eigenvalue weighted by atomic mass is 16.1. The number of hydrogen-bond donors (Lipinski definition) is 2. The molecule has 0 atom stereocenters. The van der Waals surface area contributed by atoms with Gasteiger partial charge in [0.05, 0.1) is 23.6 Å². The number of rotatable bonds is 8. The second-order valence-electron chi connectivity index (χ2n) is 9.59. The third kappa shape index (κ3) is 5.40. The number of benzene rings is 1. The molecule has 36 heavy (non-hydrogen) atoms. The van der Waals surface area contributed by atoms with Crippen LogP contribution < -0.4 is 10.6 Å². The van der Waals surface area contributed by atoms with Crippen molar-refractivity contribution in [1.29, 1.82) is 0 Å². The van der Waals surface area contributed by atoms with E-state index in [1.54, 1.807) is 0 Å². The predicted molar refractivity (Wildman–Crippen MR) is 141 cm³/mol. The lowest BCUT2D eigenvalue weighted by molar-refractivity contribution is 0.0951. The molecule has 2 aromatic heterocycles. The van der Waals surface area contributed by atoms with Crippen LogP contribution in [0.5, 0.6) is 0 Å². The van der Waals surface area contributed by atoms with E-state index >= 15 is 0 Å². The van der Waals surface area contributed by atoms with E-state index in [-0.39, 0.29) is 11.8 Å². The maximum atomic E-state index is 12.4. The van der Waals surface area contributed by atoms with Crippen LogP contribution in [0.15, 0.2) is 60.7 Å². The number of carbonyl (C=O) groups excluding carboxylic acids is 1. The Balaban J connectivity index is 1.23. The molecule has 2 heterocycles. The van der Waals surface area contributed by atoms with Crippen molar-refractivity contribution in [2.75, 3.05) is 11.9 Å². The quantitative estimate of drug-likeness (QED) is 0.343. The first-order valence-electron chi connectivity index (χ1n) is 12.5. The molecule has 5 rings (SSSR count). The Labute approximate surface area is 211 Å². The number of nitrogens with one attached hydrogen (secondary N) is 2. The molecule has 0 unspecified atom stereocenters. The predicted octanol–water partition coefficient (Wildman–Crippen LogP) is 5.22. The number of aromatic nitrogens is 4. The van der Waals surface area contributed by atoms with Crippen LogP contribution in [0.3, 0.4) is 0 Å². The molecule has 7 nitrogen and oxygen atoms in total. The zero-order valence-corrected chi connectivity index (χ0v) is 20.4. The Morgan fingerprint density at radius 2 is 1.94 bits per heavy atom. The summed E-state index contributed by atoms with van der Waals surface area (Å²) in [6.45, 7) is 2.57. The normalized spacial score (nSPS) is 18.9. The van der Waals surface area contributed by atoms with Crippen molar-refractivity contribution in [2.24, 2.45) is 11.8 Å². The lowest BCUT2D eigenvalue weighted by atomic mass is 9.84. The van der Waals surface area contributed by atoms with Gasteiger partial charge < -0.3 is 10.6 Å². The average Bonchev–Trinajstić information content (AvgIpc) is 3.33. The van der Waals surface area contributed by atoms with Crippen molar-refractivity contribution < 1.29 is 4.79 Å². The third-order valence-corrected chi connectivity index (χ3v) is 6.97. The molecule has 2 N–H and O–H groups in total. The zero-order chi connectivity index (χ0) is 24.9. The van der Waals surface area contributed by atoms with Gasteiger partial charge in [-0.25, -0.2) is 9.97 Å². The monoisotopic (exact) mass is 478 g/mol. The second kappa shape index (κ2) is 10.6. The molecule has 0 radical (unpaired) electrons. The summed E-state index contributed by atoms with van der Waals surface area (Å²) < 4.78 is 2.05. The third-order valence-electron chi connectivity index (χ3n) is 6.97. The first-order chi connectivity index (χ1) is 17.6. The number of carbonyl (C=O) groups is 1. The van der Waals surface area contributed by atoms with Gasteiger partial charge >= 0.3 is 0 Å². The minimum Gasteiger partial charge on any atom is -0.351 e. The Kier molecular flexibility index (Phi) is 6.97. The number of hydrogen-bond acceptors (Lipinski definition) is 5. The maximum Gasteiger partial charge on any atom is 0.251 e. The Morgan fingerprint density at radius 1 is 1.17 bits per heavy atom. The topological polar surface area (TPSA) is 84.7 Å². The van der Waals surface area contributed by atoms with Gasteiger partial charge in [-0.2, -0.15) is 5.10 Å². The smallest absolute Gasteiger partial charge is 0.251 e. The molecule has 0 aliphatic heterocycles. The van der Waals surface area contributed by atoms with Gasteiger partial charge in [-0.3, -0.25) is 9.48 Å². The van der Waals surface area contributed by atoms with E-state index in [4.69, 9.17) is 11.4 Å². The van der Waals surface area contributed by atoms with E-state index in [0.717, 1.165) is 54.6 Å². The fraction of sp³-hybridized carbons (Fsp3) is 0.345. The molecule has 0 saturated heterocycles. The van der Waals surface area contributed by atoms with Gasteiger partial charge in [0.15, 0.2) is 0 Å². The van der Waals surface area contributed by atoms with Gasteiger partial charge in [0, 0.05) is 42.4 Å². The van der Waals surface area contributed by atoms with Gasteiger partial charge in [0.25, 0.3) is 5.91 Å². The van der Waals surface area contributed by atoms with Gasteiger partial charge in [-0.05, 0) is 68.4 Å². The zero-order valence-electron chi connectivity index (χ0n) is 20.4. The molecule has 0 bridgehead atoms. The van der Waals surface area contributed by atoms with Crippen LogP contribution in [0, 0.1) is 31.1 Å². The summed E-state index contributed by atoms with van der Waals surface area (Å²) >= 11 is 0. The van der Waals surface area contributed by atoms with Crippen LogP contribution in [-0.2, 0) is 0 Å². The summed E-state index contributed by atoms with van der Waals surface area (Å²) in [6, 6.07) is 7.90. The van der Waals surface area contributed by atoms with Crippen LogP contribution in [0.25, 0.3) is 11.3 Å². The number of nitrogens with zero attached hydrogens (tertiary/aromatic N) is 4. The minimum absolute atomic E-state index is 0.0847. The van der Waals surface area contributed by atoms with E-state index in [9.17, 15) is 4.79 Å². The van der Waals surface area contributed by atoms with Crippen LogP contribution in [0.1, 0.15) is 54.1 Å². The molecular weight excluding hydrogens is 448 g/mol. The van der Waals surface area contributed by atoms with Crippen molar-refractivity contribution in [3.63, 3.8) is 0 Å². The first kappa shape index (κ1) is 23.6. The fourth-order valence-corrected chi connectivity index (χ4v) is 4.75. The lowest BCUT2D eigenvalue weighted by Crippen LogP contribution is -2.28. The van der Waals surface area contributed by atoms with Crippen LogP contribution >= 0.6 is 0 Å². The van der Waals surface area contributed by atoms with Crippen LogP contribution in [-0.4, -0.2) is 32.2 Å². The van der Waals surface area contributed by atoms with E-state index < -0.39 is 0 Å². The molecule has 1 aromatic carbocycles. The molecule has 1 fully saturated rings. The molecule has 7 heteroatoms. The summed E-state index contributed by atoms with van der Waals surface area (Å²) in [5.41, 5.74) is 7.16. The fourth-order valence-electron chi connectivity index (χ4n) is 4.75. The standard InChI is InChI=1S/C29H30N6O/c1-3-5-21-8-14-26(15-9-21)35-19-25(18-32-35)33-29-31-16-20(2)27(34-29)23-10-12-24(13-11-23)28(36)30-17-22-6-4-7-22/h1,6-7,10-13,16,18-19,21-22,26H,5,8-9,14-15,17H2,2H3,(H,30,36)(H,31,33,34). The van der Waals surface area contributed by atoms with Gasteiger partial charge in [0.2, 0.25) is 5.95 Å². The van der Waals surface area contributed by atoms with Crippen molar-refractivity contribution in [3.8, 4) is 23.6 Å². The number of amides is 1. The van der Waals surface area contributed by atoms with Crippen molar-refractivity contribution in [2.45, 2.75) is 45.1 Å². The summed E-state index contributed by atoms with van der Waals surface area (Å²) in [7, 11) is 0. The number of terminal acetylenes is 1. The largest absolute Gasteiger partial charge is 0.351 e. The van der Waals surface area contributed by atoms with Gasteiger partial charge in [0.1, 0.15) is 0 Å². The maximum absolute atomic E-state index is 12.4. The molecule has 1 saturated carbocycles. The Hall–Kier alpha value is -4.14. The molecule has 0 spiro atoms. The number of aryl methyl sites for hydroxylation is 1. The molecule has 3 aromatic rings. The molecule has 2 aliphatic rings. The highest BCUT2D eigenvalue weighted by Crippen LogP contribution is 2.34. The van der Waals surface area contributed by atoms with Crippen LogP contribution in [0.4, 0.5) is 11.6 Å². The molecule has 1 amide bonds. The highest BCUT2D eigenvalue weighted by Gasteiger charge is 2.22. The summed E-state index contributed by atoms with van der Waals surface area (Å²) in [5.74, 6) is 4.15. The second-order valence-corrected chi connectivity index (χ2v) is 9.59. The van der Waals surface area contributed by atoms with Gasteiger partial charge in [-0.1, -0.05) is 12.1 Å². The summed E-state index contributed by atoms with van der Waals surface area (Å²) in [6.07, 6.45) is 20.4. The SMILES string of the molecule is C#CCC1CCC(n2cc(Nc3ncc(C)c(-c4ccc(C(=O)NCC5C=C=C5)cc4)n3)cn2)CC1. The van der Waals surface area contributed by atoms with Crippen LogP contribution in [0.2, 0.25) is 0 Å². The van der Waals surface area contributed by atoms with Crippen molar-refractivity contribution >= 4 is 17.5 Å². The summed E-state index contributed by atoms with van der Waals surface area (Å²) in [5, 5.41) is 10.8. The molecule has 2 aliphatic carbocycles. The Bertz CT molecular complexity index is 1330. The Morgan fingerprint density at radius 3 is 2.64 bits per heavy atom. The van der Waals surface area contributed by atoms with Gasteiger partial charge in [-0.15, -0.1) is 18.1 Å². The van der Waals surface area contributed by atoms with E-state index in [1.807, 2.05) is 66.6 Å². The van der Waals surface area contributed by atoms with Crippen molar-refractivity contribution in [3.05, 3.63) is 71.9 Å². The minimum atomic E-state index is -0.0847. The highest BCUT2D eigenvalue weighted by molar-refractivity contribution is 5.94. The van der Waals surface area contributed by atoms with Crippen molar-refractivity contribution in [1.82, 2.24) is 25.1 Å². The average molecular weight is 479 g/mol.